The number of amides is 1. The maximum atomic E-state index is 11.8. The first-order valence-corrected chi connectivity index (χ1v) is 13.2. The van der Waals surface area contributed by atoms with Crippen LogP contribution in [0.15, 0.2) is 48.6 Å². The molecule has 4 N–H and O–H groups in total. The Hall–Kier alpha value is -1.54. The number of phosphoric ester groups is 1. The van der Waals surface area contributed by atoms with Crippen molar-refractivity contribution < 1.29 is 40.4 Å². The smallest absolute Gasteiger partial charge is 0.394 e. The van der Waals surface area contributed by atoms with Crippen molar-refractivity contribution in [2.24, 2.45) is 0 Å². The normalized spacial score (nSPS) is 19.0. The largest absolute Gasteiger partial charge is 0.472 e. The lowest BCUT2D eigenvalue weighted by Crippen LogP contribution is -2.27. The van der Waals surface area contributed by atoms with E-state index < -0.39 is 33.6 Å². The van der Waals surface area contributed by atoms with E-state index in [0.717, 1.165) is 25.7 Å². The van der Waals surface area contributed by atoms with E-state index in [9.17, 15) is 19.4 Å². The SMILES string of the molecule is [2H]C([2H])(O)C([2H])(O)C([2H])([2H])OP(=O)(O)OCCNC(=O)CCC/C=C\C/C=C\C/C=C\C/C=C\CCCCC. The van der Waals surface area contributed by atoms with E-state index >= 15 is 0 Å². The number of hydrogen-bond donors (Lipinski definition) is 4. The lowest BCUT2D eigenvalue weighted by atomic mass is 10.2. The molecule has 0 fully saturated rings. The minimum atomic E-state index is -5.20. The molecule has 1 amide bonds. The van der Waals surface area contributed by atoms with Crippen LogP contribution in [-0.4, -0.2) is 53.4 Å². The number of phosphoric acid groups is 1. The van der Waals surface area contributed by atoms with Gasteiger partial charge in [-0.25, -0.2) is 4.57 Å². The molecule has 0 heterocycles. The highest BCUT2D eigenvalue weighted by atomic mass is 31.2. The van der Waals surface area contributed by atoms with Gasteiger partial charge >= 0.3 is 7.82 Å². The molecule has 0 rings (SSSR count). The van der Waals surface area contributed by atoms with Crippen LogP contribution in [0.5, 0.6) is 0 Å². The van der Waals surface area contributed by atoms with E-state index in [1.165, 1.54) is 19.3 Å². The fourth-order valence-corrected chi connectivity index (χ4v) is 3.11. The van der Waals surface area contributed by atoms with Crippen molar-refractivity contribution in [3.8, 4) is 0 Å². The lowest BCUT2D eigenvalue weighted by molar-refractivity contribution is -0.121. The van der Waals surface area contributed by atoms with Gasteiger partial charge < -0.3 is 20.4 Å². The summed E-state index contributed by atoms with van der Waals surface area (Å²) in [7, 11) is -5.20. The molecule has 0 aromatic carbocycles. The van der Waals surface area contributed by atoms with Gasteiger partial charge in [0.25, 0.3) is 0 Å². The first-order valence-electron chi connectivity index (χ1n) is 14.2. The number of allylic oxidation sites excluding steroid dienone is 8. The maximum absolute atomic E-state index is 11.8. The van der Waals surface area contributed by atoms with Crippen molar-refractivity contribution in [2.75, 3.05) is 26.3 Å². The molecular formula is C25H44NO7P. The zero-order valence-corrected chi connectivity index (χ0v) is 20.9. The molecule has 8 nitrogen and oxygen atoms in total. The van der Waals surface area contributed by atoms with E-state index in [4.69, 9.17) is 12.0 Å². The van der Waals surface area contributed by atoms with Crippen LogP contribution in [0.3, 0.4) is 0 Å². The Labute approximate surface area is 212 Å². The molecule has 0 aromatic rings. The van der Waals surface area contributed by atoms with Gasteiger partial charge in [0, 0.05) is 13.0 Å². The van der Waals surface area contributed by atoms with Gasteiger partial charge in [-0.1, -0.05) is 68.4 Å². The van der Waals surface area contributed by atoms with Gasteiger partial charge in [-0.15, -0.1) is 0 Å². The number of carbonyl (C=O) groups excluding carboxylic acids is 1. The first kappa shape index (κ1) is 24.2. The van der Waals surface area contributed by atoms with Gasteiger partial charge in [-0.3, -0.25) is 13.8 Å². The van der Waals surface area contributed by atoms with Crippen LogP contribution in [0.1, 0.15) is 78.0 Å². The minimum Gasteiger partial charge on any atom is -0.394 e. The fourth-order valence-electron chi connectivity index (χ4n) is 2.53. The van der Waals surface area contributed by atoms with E-state index in [1.54, 1.807) is 0 Å². The Kier molecular flexibility index (Phi) is 16.5. The van der Waals surface area contributed by atoms with Crippen LogP contribution < -0.4 is 5.32 Å². The van der Waals surface area contributed by atoms with Crippen LogP contribution in [0.25, 0.3) is 0 Å². The van der Waals surface area contributed by atoms with Gasteiger partial charge in [-0.2, -0.15) is 0 Å². The number of nitrogens with one attached hydrogen (secondary N) is 1. The Bertz CT molecular complexity index is 858. The van der Waals surface area contributed by atoms with Crippen LogP contribution >= 0.6 is 7.82 Å². The molecule has 34 heavy (non-hydrogen) atoms. The Balaban J connectivity index is 3.98. The van der Waals surface area contributed by atoms with E-state index in [-0.39, 0.29) is 18.9 Å². The van der Waals surface area contributed by atoms with Gasteiger partial charge in [0.05, 0.1) is 26.6 Å². The molecule has 0 aliphatic heterocycles. The van der Waals surface area contributed by atoms with E-state index in [1.807, 2.05) is 12.2 Å². The van der Waals surface area contributed by atoms with Gasteiger partial charge in [0.2, 0.25) is 5.91 Å². The molecular weight excluding hydrogens is 457 g/mol. The molecule has 0 aromatic heterocycles. The zero-order chi connectivity index (χ0) is 29.8. The molecule has 0 aliphatic carbocycles. The monoisotopic (exact) mass is 506 g/mol. The first-order chi connectivity index (χ1) is 18.2. The van der Waals surface area contributed by atoms with Crippen LogP contribution in [0.4, 0.5) is 0 Å². The summed E-state index contributed by atoms with van der Waals surface area (Å²) in [4.78, 5) is 21.4. The van der Waals surface area contributed by atoms with Crippen molar-refractivity contribution in [1.29, 1.82) is 0 Å². The second-order valence-corrected chi connectivity index (χ2v) is 8.66. The molecule has 0 saturated carbocycles. The summed E-state index contributed by atoms with van der Waals surface area (Å²) < 4.78 is 55.9. The van der Waals surface area contributed by atoms with Gasteiger partial charge in [-0.05, 0) is 44.9 Å². The summed E-state index contributed by atoms with van der Waals surface area (Å²) in [5.74, 6) is -0.326. The van der Waals surface area contributed by atoms with Crippen LogP contribution in [-0.2, 0) is 18.4 Å². The van der Waals surface area contributed by atoms with E-state index in [0.29, 0.717) is 12.8 Å². The zero-order valence-electron chi connectivity index (χ0n) is 25.0. The topological polar surface area (TPSA) is 125 Å². The number of hydrogen-bond acceptors (Lipinski definition) is 6. The minimum absolute atomic E-state index is 0.202. The molecule has 0 saturated heterocycles. The molecule has 0 radical (unpaired) electrons. The van der Waals surface area contributed by atoms with Crippen molar-refractivity contribution in [1.82, 2.24) is 5.32 Å². The van der Waals surface area contributed by atoms with Gasteiger partial charge in [0.1, 0.15) is 6.08 Å². The quantitative estimate of drug-likeness (QED) is 0.0950. The predicted octanol–water partition coefficient (Wildman–Crippen LogP) is 4.74. The second kappa shape index (κ2) is 23.2. The Morgan fingerprint density at radius 2 is 1.56 bits per heavy atom. The summed E-state index contributed by atoms with van der Waals surface area (Å²) in [5.41, 5.74) is 0. The lowest BCUT2D eigenvalue weighted by Gasteiger charge is -2.14. The highest BCUT2D eigenvalue weighted by Gasteiger charge is 2.22. The third-order valence-electron chi connectivity index (χ3n) is 4.27. The van der Waals surface area contributed by atoms with Crippen molar-refractivity contribution >= 4 is 13.7 Å². The number of aliphatic hydroxyl groups is 2. The average Bonchev–Trinajstić information content (AvgIpc) is 2.82. The molecule has 2 atom stereocenters. The predicted molar refractivity (Wildman–Crippen MR) is 136 cm³/mol. The Morgan fingerprint density at radius 3 is 2.12 bits per heavy atom. The van der Waals surface area contributed by atoms with Crippen LogP contribution in [0, 0.1) is 0 Å². The van der Waals surface area contributed by atoms with Crippen LogP contribution in [0.2, 0.25) is 0 Å². The average molecular weight is 507 g/mol. The molecule has 196 valence electrons. The summed E-state index contributed by atoms with van der Waals surface area (Å²) in [5, 5.41) is 21.0. The number of unbranched alkanes of at least 4 members (excludes halogenated alkanes) is 4. The highest BCUT2D eigenvalue weighted by Crippen LogP contribution is 2.42. The van der Waals surface area contributed by atoms with E-state index in [2.05, 4.69) is 57.7 Å². The second-order valence-electron chi connectivity index (χ2n) is 7.29. The summed E-state index contributed by atoms with van der Waals surface area (Å²) in [6, 6.07) is 0. The number of rotatable bonds is 22. The molecule has 0 bridgehead atoms. The van der Waals surface area contributed by atoms with Crippen molar-refractivity contribution in [3.63, 3.8) is 0 Å². The number of carbonyl (C=O) groups is 1. The van der Waals surface area contributed by atoms with Gasteiger partial charge in [0.15, 0.2) is 0 Å². The third-order valence-corrected chi connectivity index (χ3v) is 5.11. The summed E-state index contributed by atoms with van der Waals surface area (Å²) >= 11 is 0. The van der Waals surface area contributed by atoms with Crippen molar-refractivity contribution in [2.45, 2.75) is 77.2 Å². The molecule has 0 spiro atoms. The third kappa shape index (κ3) is 23.6. The molecule has 0 aliphatic rings. The molecule has 9 heteroatoms. The Morgan fingerprint density at radius 1 is 1.00 bits per heavy atom. The van der Waals surface area contributed by atoms with Crippen molar-refractivity contribution in [3.05, 3.63) is 48.6 Å². The fraction of sp³-hybridized carbons (Fsp3) is 0.640. The maximum Gasteiger partial charge on any atom is 0.472 e. The molecule has 2 unspecified atom stereocenters. The summed E-state index contributed by atoms with van der Waals surface area (Å²) in [6.45, 7) is -6.17. The highest BCUT2D eigenvalue weighted by molar-refractivity contribution is 7.47. The summed E-state index contributed by atoms with van der Waals surface area (Å²) in [6.07, 6.45) is 22.1. The standard InChI is InChI=1S/C25H44NO7P/c1-2-3-4-5-6-7-8-9-10-11-12-13-14-15-16-17-18-19-25(29)26-20-21-32-34(30,31)33-23-24(28)22-27/h6-7,9-10,12-13,15-16,24,27-28H,2-5,8,11,14,17-23H2,1H3,(H,26,29)(H,30,31)/b7-6-,10-9-,13-12-,16-15-/i22D2,23D2,24D.